The molecule has 0 heteroatoms. The fourth-order valence-electron chi connectivity index (χ4n) is 9.57. The van der Waals surface area contributed by atoms with Gasteiger partial charge in [-0.15, -0.1) is 0 Å². The Hall–Kier alpha value is -3.12. The van der Waals surface area contributed by atoms with E-state index in [1.54, 1.807) is 0 Å². The average molecular weight is 543 g/mol. The van der Waals surface area contributed by atoms with Gasteiger partial charge in [0.25, 0.3) is 0 Å². The van der Waals surface area contributed by atoms with E-state index in [2.05, 4.69) is 118 Å². The minimum atomic E-state index is -0.176. The third kappa shape index (κ3) is 3.78. The normalized spacial score (nSPS) is 31.0. The zero-order valence-corrected chi connectivity index (χ0v) is 27.1. The highest BCUT2D eigenvalue weighted by atomic mass is 14.7. The Morgan fingerprint density at radius 3 is 2.17 bits per heavy atom. The molecule has 0 heterocycles. The summed E-state index contributed by atoms with van der Waals surface area (Å²) in [5, 5.41) is 0. The average Bonchev–Trinajstić information content (AvgIpc) is 2.92. The van der Waals surface area contributed by atoms with Crippen LogP contribution < -0.4 is 0 Å². The van der Waals surface area contributed by atoms with Crippen molar-refractivity contribution in [3.63, 3.8) is 0 Å². The molecule has 2 aromatic rings. The fourth-order valence-corrected chi connectivity index (χ4v) is 9.57. The quantitative estimate of drug-likeness (QED) is 0.352. The molecule has 0 fully saturated rings. The third-order valence-electron chi connectivity index (χ3n) is 12.3. The second-order valence-electron chi connectivity index (χ2n) is 14.1. The Morgan fingerprint density at radius 2 is 1.59 bits per heavy atom. The predicted molar refractivity (Wildman–Crippen MR) is 180 cm³/mol. The van der Waals surface area contributed by atoms with Crippen LogP contribution in [0, 0.1) is 29.1 Å². The molecule has 0 nitrogen and oxygen atoms in total. The van der Waals surface area contributed by atoms with Gasteiger partial charge in [0.05, 0.1) is 0 Å². The van der Waals surface area contributed by atoms with E-state index >= 15 is 0 Å². The molecular weight excluding hydrogens is 492 g/mol. The molecule has 0 unspecified atom stereocenters. The molecule has 0 bridgehead atoms. The van der Waals surface area contributed by atoms with Crippen molar-refractivity contribution in [3.8, 4) is 0 Å². The van der Waals surface area contributed by atoms with Gasteiger partial charge in [-0.25, -0.2) is 0 Å². The van der Waals surface area contributed by atoms with E-state index in [1.807, 2.05) is 0 Å². The first-order chi connectivity index (χ1) is 19.2. The summed E-state index contributed by atoms with van der Waals surface area (Å²) in [7, 11) is 0. The van der Waals surface area contributed by atoms with E-state index in [1.165, 1.54) is 66.8 Å². The van der Waals surface area contributed by atoms with E-state index in [0.29, 0.717) is 11.8 Å². The van der Waals surface area contributed by atoms with Gasteiger partial charge in [-0.05, 0) is 120 Å². The van der Waals surface area contributed by atoms with Gasteiger partial charge in [-0.1, -0.05) is 120 Å². The molecule has 0 N–H and O–H groups in total. The van der Waals surface area contributed by atoms with Gasteiger partial charge < -0.3 is 0 Å². The summed E-state index contributed by atoms with van der Waals surface area (Å²) in [6.45, 7) is 39.8. The summed E-state index contributed by atoms with van der Waals surface area (Å²) < 4.78 is 0. The maximum absolute atomic E-state index is 4.87. The van der Waals surface area contributed by atoms with Gasteiger partial charge in [-0.2, -0.15) is 0 Å². The molecular formula is C41H50. The van der Waals surface area contributed by atoms with E-state index in [0.717, 1.165) is 24.8 Å². The Labute approximate surface area is 250 Å². The lowest BCUT2D eigenvalue weighted by molar-refractivity contribution is -0.0285. The highest BCUT2D eigenvalue weighted by Gasteiger charge is 2.65. The minimum Gasteiger partial charge on any atom is -0.0955 e. The van der Waals surface area contributed by atoms with Crippen molar-refractivity contribution in [2.24, 2.45) is 22.2 Å². The Morgan fingerprint density at radius 1 is 0.951 bits per heavy atom. The van der Waals surface area contributed by atoms with Crippen LogP contribution in [-0.2, 0) is 6.42 Å². The van der Waals surface area contributed by atoms with Crippen molar-refractivity contribution in [1.82, 2.24) is 0 Å². The number of aryl methyl sites for hydroxylation is 1. The summed E-state index contributed by atoms with van der Waals surface area (Å²) in [6, 6.07) is 16.1. The predicted octanol–water partition coefficient (Wildman–Crippen LogP) is 11.6. The molecule has 2 aromatic carbocycles. The first-order valence-electron chi connectivity index (χ1n) is 15.5. The van der Waals surface area contributed by atoms with Gasteiger partial charge in [0.15, 0.2) is 0 Å². The van der Waals surface area contributed by atoms with Crippen LogP contribution in [0.15, 0.2) is 102 Å². The summed E-state index contributed by atoms with van der Waals surface area (Å²) in [5.74, 6) is 0.733. The zero-order valence-electron chi connectivity index (χ0n) is 27.1. The molecule has 5 rings (SSSR count). The monoisotopic (exact) mass is 542 g/mol. The minimum absolute atomic E-state index is 0.0119. The first kappa shape index (κ1) is 29.4. The van der Waals surface area contributed by atoms with Crippen LogP contribution in [0.4, 0.5) is 0 Å². The lowest BCUT2D eigenvalue weighted by atomic mass is 9.36. The van der Waals surface area contributed by atoms with Crippen molar-refractivity contribution >= 4 is 11.1 Å². The highest BCUT2D eigenvalue weighted by molar-refractivity contribution is 5.87. The molecule has 0 saturated heterocycles. The van der Waals surface area contributed by atoms with Gasteiger partial charge in [0, 0.05) is 10.8 Å². The number of hydrogen-bond acceptors (Lipinski definition) is 0. The molecule has 3 aliphatic carbocycles. The lowest BCUT2D eigenvalue weighted by Crippen LogP contribution is -2.59. The summed E-state index contributed by atoms with van der Waals surface area (Å²) in [5.41, 5.74) is 17.0. The first-order valence-corrected chi connectivity index (χ1v) is 15.5. The van der Waals surface area contributed by atoms with Crippen LogP contribution in [0.5, 0.6) is 0 Å². The van der Waals surface area contributed by atoms with Crippen molar-refractivity contribution in [2.45, 2.75) is 87.5 Å². The molecule has 0 spiro atoms. The van der Waals surface area contributed by atoms with Gasteiger partial charge >= 0.3 is 0 Å². The summed E-state index contributed by atoms with van der Waals surface area (Å²) in [4.78, 5) is 0. The Kier molecular flexibility index (Phi) is 6.97. The van der Waals surface area contributed by atoms with Gasteiger partial charge in [0.2, 0.25) is 0 Å². The number of fused-ring (bicyclic) bond motifs is 3. The molecule has 0 aliphatic heterocycles. The molecule has 0 aromatic heterocycles. The smallest absolute Gasteiger partial charge is 0.0196 e. The van der Waals surface area contributed by atoms with Crippen LogP contribution in [0.3, 0.4) is 0 Å². The standard InChI is InChI=1S/C41H50/c1-14-25(4)33-20-18-32(19-21-33)22-35-34-17-15-16-26(5)37(34)28(7)38-30(9)41(13)29(8)36(24(2)3)27(6)23-39(41,11)31(10)40(35,38)12/h15-21,31,35H,2,4,7-8,14,22-23H2,1,3,5-6,9-13H3/t31-,35+,39-,40-,41+/m0/s1. The summed E-state index contributed by atoms with van der Waals surface area (Å²) in [6.07, 6.45) is 3.03. The Bertz CT molecular complexity index is 1570. The maximum atomic E-state index is 4.87. The molecule has 41 heavy (non-hydrogen) atoms. The number of hydrogen-bond donors (Lipinski definition) is 0. The number of benzene rings is 2. The van der Waals surface area contributed by atoms with Crippen LogP contribution in [-0.4, -0.2) is 0 Å². The van der Waals surface area contributed by atoms with E-state index in [-0.39, 0.29) is 16.2 Å². The van der Waals surface area contributed by atoms with Crippen LogP contribution in [0.25, 0.3) is 11.1 Å². The van der Waals surface area contributed by atoms with E-state index in [4.69, 9.17) is 13.2 Å². The van der Waals surface area contributed by atoms with Crippen LogP contribution in [0.2, 0.25) is 0 Å². The summed E-state index contributed by atoms with van der Waals surface area (Å²) >= 11 is 0. The highest BCUT2D eigenvalue weighted by Crippen LogP contribution is 2.74. The van der Waals surface area contributed by atoms with Crippen molar-refractivity contribution in [2.75, 3.05) is 0 Å². The number of allylic oxidation sites excluding steroid dienone is 8. The zero-order chi connectivity index (χ0) is 30.2. The third-order valence-corrected chi connectivity index (χ3v) is 12.3. The molecule has 3 aliphatic rings. The Balaban J connectivity index is 1.78. The molecule has 0 saturated carbocycles. The van der Waals surface area contributed by atoms with E-state index < -0.39 is 0 Å². The van der Waals surface area contributed by atoms with Crippen LogP contribution >= 0.6 is 0 Å². The molecule has 5 atom stereocenters. The second-order valence-corrected chi connectivity index (χ2v) is 14.1. The van der Waals surface area contributed by atoms with E-state index in [9.17, 15) is 0 Å². The molecule has 214 valence electrons. The lowest BCUT2D eigenvalue weighted by Gasteiger charge is -2.67. The van der Waals surface area contributed by atoms with Crippen molar-refractivity contribution in [3.05, 3.63) is 130 Å². The van der Waals surface area contributed by atoms with Gasteiger partial charge in [0.1, 0.15) is 0 Å². The topological polar surface area (TPSA) is 0 Å². The fraction of sp³-hybridized carbons (Fsp3) is 0.415. The molecule has 0 radical (unpaired) electrons. The van der Waals surface area contributed by atoms with Gasteiger partial charge in [-0.3, -0.25) is 0 Å². The van der Waals surface area contributed by atoms with Crippen LogP contribution in [0.1, 0.15) is 102 Å². The number of rotatable bonds is 5. The van der Waals surface area contributed by atoms with Crippen molar-refractivity contribution in [1.29, 1.82) is 0 Å². The van der Waals surface area contributed by atoms with Crippen molar-refractivity contribution < 1.29 is 0 Å². The molecule has 0 amide bonds. The SMILES string of the molecule is C=C(C)C1=C(C)C[C@@]2(C)[C@H](C)[C@]3(C)C(=C(C)[C@@]2(C)C1=C)C(=C)c1c(C)cccc1[C@H]3Cc1ccc(C(=C)CC)cc1. The second kappa shape index (κ2) is 9.72. The largest absolute Gasteiger partial charge is 0.0955 e. The maximum Gasteiger partial charge on any atom is 0.0196 e.